The Morgan fingerprint density at radius 3 is 2.68 bits per heavy atom. The molecule has 1 fully saturated rings. The van der Waals surface area contributed by atoms with Crippen molar-refractivity contribution in [1.29, 1.82) is 0 Å². The van der Waals surface area contributed by atoms with E-state index < -0.39 is 0 Å². The molecule has 0 spiro atoms. The molecule has 0 saturated carbocycles. The number of carbonyl (C=O) groups excluding carboxylic acids is 1. The Labute approximate surface area is 146 Å². The van der Waals surface area contributed by atoms with Crippen molar-refractivity contribution < 1.29 is 9.53 Å². The van der Waals surface area contributed by atoms with Crippen LogP contribution in [0.3, 0.4) is 0 Å². The molecule has 25 heavy (non-hydrogen) atoms. The van der Waals surface area contributed by atoms with E-state index in [2.05, 4.69) is 0 Å². The molecule has 5 nitrogen and oxygen atoms in total. The number of hydrogen-bond acceptors (Lipinski definition) is 3. The van der Waals surface area contributed by atoms with Gasteiger partial charge in [0.05, 0.1) is 13.5 Å². The molecule has 1 amide bonds. The van der Waals surface area contributed by atoms with Gasteiger partial charge in [-0.2, -0.15) is 0 Å². The number of pyridine rings is 1. The van der Waals surface area contributed by atoms with E-state index in [-0.39, 0.29) is 17.4 Å². The van der Waals surface area contributed by atoms with Gasteiger partial charge in [0.25, 0.3) is 5.56 Å². The van der Waals surface area contributed by atoms with Crippen LogP contribution in [0.2, 0.25) is 0 Å². The molecule has 0 N–H and O–H groups in total. The third kappa shape index (κ3) is 3.06. The van der Waals surface area contributed by atoms with E-state index in [1.165, 1.54) is 0 Å². The van der Waals surface area contributed by atoms with E-state index in [1.54, 1.807) is 13.2 Å². The maximum atomic E-state index is 12.8. The molecular formula is C20H22N2O3. The molecule has 0 aliphatic carbocycles. The SMILES string of the molecule is COc1ccc(CC(=O)N2C[C@@H]3C[C@H](C2)c2cccc(=O)n2C3)cc1. The second kappa shape index (κ2) is 6.39. The Kier molecular flexibility index (Phi) is 4.07. The van der Waals surface area contributed by atoms with Gasteiger partial charge in [0.15, 0.2) is 0 Å². The summed E-state index contributed by atoms with van der Waals surface area (Å²) < 4.78 is 7.05. The molecule has 2 aliphatic heterocycles. The summed E-state index contributed by atoms with van der Waals surface area (Å²) in [4.78, 5) is 26.8. The van der Waals surface area contributed by atoms with Gasteiger partial charge in [-0.1, -0.05) is 18.2 Å². The number of fused-ring (bicyclic) bond motifs is 4. The van der Waals surface area contributed by atoms with Gasteiger partial charge in [-0.15, -0.1) is 0 Å². The maximum Gasteiger partial charge on any atom is 0.250 e. The lowest BCUT2D eigenvalue weighted by molar-refractivity contribution is -0.133. The third-order valence-electron chi connectivity index (χ3n) is 5.35. The normalized spacial score (nSPS) is 21.6. The molecule has 5 heteroatoms. The van der Waals surface area contributed by atoms with Crippen LogP contribution in [0, 0.1) is 5.92 Å². The number of carbonyl (C=O) groups is 1. The highest BCUT2D eigenvalue weighted by molar-refractivity contribution is 5.79. The zero-order chi connectivity index (χ0) is 17.4. The molecule has 2 aromatic rings. The minimum absolute atomic E-state index is 0.0743. The van der Waals surface area contributed by atoms with Crippen LogP contribution >= 0.6 is 0 Å². The van der Waals surface area contributed by atoms with E-state index >= 15 is 0 Å². The monoisotopic (exact) mass is 338 g/mol. The second-order valence-corrected chi connectivity index (χ2v) is 7.02. The Balaban J connectivity index is 1.49. The molecule has 2 atom stereocenters. The molecule has 1 aromatic heterocycles. The third-order valence-corrected chi connectivity index (χ3v) is 5.35. The molecule has 3 heterocycles. The summed E-state index contributed by atoms with van der Waals surface area (Å²) in [6, 6.07) is 13.1. The lowest BCUT2D eigenvalue weighted by Gasteiger charge is -2.42. The largest absolute Gasteiger partial charge is 0.497 e. The minimum atomic E-state index is 0.0743. The summed E-state index contributed by atoms with van der Waals surface area (Å²) in [6.45, 7) is 2.17. The smallest absolute Gasteiger partial charge is 0.250 e. The first-order valence-corrected chi connectivity index (χ1v) is 8.74. The van der Waals surface area contributed by atoms with Crippen LogP contribution in [0.15, 0.2) is 47.3 Å². The van der Waals surface area contributed by atoms with E-state index in [0.717, 1.165) is 36.5 Å². The number of nitrogens with zero attached hydrogens (tertiary/aromatic N) is 2. The predicted molar refractivity (Wildman–Crippen MR) is 94.8 cm³/mol. The number of hydrogen-bond donors (Lipinski definition) is 0. The summed E-state index contributed by atoms with van der Waals surface area (Å²) in [5.41, 5.74) is 2.15. The number of piperidine rings is 1. The van der Waals surface area contributed by atoms with Crippen LogP contribution < -0.4 is 10.3 Å². The lowest BCUT2D eigenvalue weighted by Crippen LogP contribution is -2.49. The number of amides is 1. The van der Waals surface area contributed by atoms with Gasteiger partial charge in [0.1, 0.15) is 5.75 Å². The van der Waals surface area contributed by atoms with Crippen molar-refractivity contribution in [2.24, 2.45) is 5.92 Å². The minimum Gasteiger partial charge on any atom is -0.497 e. The molecule has 1 aromatic carbocycles. The van der Waals surface area contributed by atoms with E-state index in [0.29, 0.717) is 18.9 Å². The van der Waals surface area contributed by atoms with Crippen LogP contribution in [0.5, 0.6) is 5.75 Å². The van der Waals surface area contributed by atoms with E-state index in [1.807, 2.05) is 45.9 Å². The van der Waals surface area contributed by atoms with Gasteiger partial charge in [-0.3, -0.25) is 9.59 Å². The molecule has 1 saturated heterocycles. The van der Waals surface area contributed by atoms with Crippen molar-refractivity contribution in [2.45, 2.75) is 25.3 Å². The van der Waals surface area contributed by atoms with Crippen molar-refractivity contribution in [3.8, 4) is 5.75 Å². The number of rotatable bonds is 3. The van der Waals surface area contributed by atoms with Gasteiger partial charge >= 0.3 is 0 Å². The van der Waals surface area contributed by atoms with E-state index in [4.69, 9.17) is 4.74 Å². The lowest BCUT2D eigenvalue weighted by atomic mass is 9.83. The Hall–Kier alpha value is -2.56. The summed E-state index contributed by atoms with van der Waals surface area (Å²) in [7, 11) is 1.63. The second-order valence-electron chi connectivity index (χ2n) is 7.02. The van der Waals surface area contributed by atoms with Crippen LogP contribution in [0.1, 0.15) is 23.6 Å². The fraction of sp³-hybridized carbons (Fsp3) is 0.400. The fourth-order valence-electron chi connectivity index (χ4n) is 4.13. The number of ether oxygens (including phenoxy) is 1. The standard InChI is InChI=1S/C20H22N2O3/c1-25-17-7-5-14(6-8-17)10-20(24)21-11-15-9-16(13-21)18-3-2-4-19(23)22(18)12-15/h2-8,15-16H,9-13H2,1H3/t15-,16+/m0/s1. The predicted octanol–water partition coefficient (Wildman–Crippen LogP) is 2.05. The van der Waals surface area contributed by atoms with Crippen LogP contribution in [0.25, 0.3) is 0 Å². The highest BCUT2D eigenvalue weighted by atomic mass is 16.5. The number of likely N-dealkylation sites (tertiary alicyclic amines) is 1. The number of aromatic nitrogens is 1. The number of benzene rings is 1. The zero-order valence-electron chi connectivity index (χ0n) is 14.4. The molecule has 130 valence electrons. The van der Waals surface area contributed by atoms with Crippen molar-refractivity contribution in [3.05, 3.63) is 64.1 Å². The highest BCUT2D eigenvalue weighted by Gasteiger charge is 2.36. The molecule has 2 aliphatic rings. The van der Waals surface area contributed by atoms with E-state index in [9.17, 15) is 9.59 Å². The average molecular weight is 338 g/mol. The number of methoxy groups -OCH3 is 1. The Bertz CT molecular complexity index is 841. The zero-order valence-corrected chi connectivity index (χ0v) is 14.4. The molecule has 4 rings (SSSR count). The van der Waals surface area contributed by atoms with Crippen molar-refractivity contribution in [2.75, 3.05) is 20.2 Å². The van der Waals surface area contributed by atoms with Crippen molar-refractivity contribution in [1.82, 2.24) is 9.47 Å². The summed E-state index contributed by atoms with van der Waals surface area (Å²) in [5, 5.41) is 0. The Morgan fingerprint density at radius 2 is 1.92 bits per heavy atom. The van der Waals surface area contributed by atoms with Gasteiger partial charge in [0, 0.05) is 37.3 Å². The molecule has 0 radical (unpaired) electrons. The molecular weight excluding hydrogens is 316 g/mol. The quantitative estimate of drug-likeness (QED) is 0.861. The van der Waals surface area contributed by atoms with Gasteiger partial charge < -0.3 is 14.2 Å². The van der Waals surface area contributed by atoms with Crippen molar-refractivity contribution >= 4 is 5.91 Å². The van der Waals surface area contributed by atoms with Crippen LogP contribution in [-0.2, 0) is 17.8 Å². The van der Waals surface area contributed by atoms with Gasteiger partial charge in [-0.25, -0.2) is 0 Å². The van der Waals surface area contributed by atoms with Gasteiger partial charge in [0.2, 0.25) is 5.91 Å². The first kappa shape index (κ1) is 15.9. The van der Waals surface area contributed by atoms with Gasteiger partial charge in [-0.05, 0) is 36.1 Å². The highest BCUT2D eigenvalue weighted by Crippen LogP contribution is 2.35. The van der Waals surface area contributed by atoms with Crippen molar-refractivity contribution in [3.63, 3.8) is 0 Å². The first-order chi connectivity index (χ1) is 12.1. The fourth-order valence-corrected chi connectivity index (χ4v) is 4.13. The topological polar surface area (TPSA) is 51.5 Å². The summed E-state index contributed by atoms with van der Waals surface area (Å²) in [6.07, 6.45) is 1.47. The van der Waals surface area contributed by atoms with Crippen LogP contribution in [-0.4, -0.2) is 35.6 Å². The maximum absolute atomic E-state index is 12.8. The summed E-state index contributed by atoms with van der Waals surface area (Å²) >= 11 is 0. The summed E-state index contributed by atoms with van der Waals surface area (Å²) in [5.74, 6) is 1.59. The first-order valence-electron chi connectivity index (χ1n) is 8.74. The molecule has 0 unspecified atom stereocenters. The Morgan fingerprint density at radius 1 is 1.12 bits per heavy atom. The average Bonchev–Trinajstić information content (AvgIpc) is 2.63. The molecule has 2 bridgehead atoms. The van der Waals surface area contributed by atoms with Crippen LogP contribution in [0.4, 0.5) is 0 Å².